The molecule has 2 rings (SSSR count). The van der Waals surface area contributed by atoms with Gasteiger partial charge in [0.05, 0.1) is 4.90 Å². The topological polar surface area (TPSA) is 102 Å². The van der Waals surface area contributed by atoms with E-state index in [0.29, 0.717) is 37.4 Å². The van der Waals surface area contributed by atoms with Crippen molar-refractivity contribution in [2.24, 2.45) is 0 Å². The molecule has 0 bridgehead atoms. The molecule has 0 aliphatic carbocycles. The molecule has 1 fully saturated rings. The molecule has 1 aromatic carbocycles. The van der Waals surface area contributed by atoms with Crippen LogP contribution in [-0.4, -0.2) is 57.0 Å². The number of hydrogen-bond acceptors (Lipinski definition) is 6. The molecule has 1 amide bonds. The Morgan fingerprint density at radius 3 is 2.59 bits per heavy atom. The molecule has 9 heteroatoms. The highest BCUT2D eigenvalue weighted by atomic mass is 32.2. The third-order valence-electron chi connectivity index (χ3n) is 4.33. The van der Waals surface area contributed by atoms with Gasteiger partial charge in [0.15, 0.2) is 12.7 Å². The number of hydrogen-bond donors (Lipinski definition) is 1. The standard InChI is InChI=1S/C18H26N2O6S/c1-4-20(5-2)27(23,24)16-11-14(9-8-13(16)3)19-17(21)12-26-18(22)15-7-6-10-25-15/h8-9,11,15H,4-7,10,12H2,1-3H3,(H,19,21)/t15-/m0/s1. The first-order valence-corrected chi connectivity index (χ1v) is 10.4. The predicted octanol–water partition coefficient (Wildman–Crippen LogP) is 1.69. The zero-order chi connectivity index (χ0) is 20.0. The van der Waals surface area contributed by atoms with Crippen molar-refractivity contribution in [3.05, 3.63) is 23.8 Å². The van der Waals surface area contributed by atoms with Crippen LogP contribution in [0.15, 0.2) is 23.1 Å². The quantitative estimate of drug-likeness (QED) is 0.669. The second-order valence-corrected chi connectivity index (χ2v) is 8.13. The summed E-state index contributed by atoms with van der Waals surface area (Å²) in [5, 5.41) is 2.56. The van der Waals surface area contributed by atoms with E-state index >= 15 is 0 Å². The summed E-state index contributed by atoms with van der Waals surface area (Å²) in [4.78, 5) is 23.9. The maximum Gasteiger partial charge on any atom is 0.335 e. The number of nitrogens with zero attached hydrogens (tertiary/aromatic N) is 1. The van der Waals surface area contributed by atoms with Crippen LogP contribution in [0.1, 0.15) is 32.3 Å². The van der Waals surface area contributed by atoms with E-state index in [1.165, 1.54) is 10.4 Å². The fourth-order valence-electron chi connectivity index (χ4n) is 2.85. The van der Waals surface area contributed by atoms with Gasteiger partial charge in [-0.1, -0.05) is 19.9 Å². The minimum Gasteiger partial charge on any atom is -0.454 e. The Morgan fingerprint density at radius 2 is 2.00 bits per heavy atom. The lowest BCUT2D eigenvalue weighted by Gasteiger charge is -2.20. The predicted molar refractivity (Wildman–Crippen MR) is 99.8 cm³/mol. The van der Waals surface area contributed by atoms with Crippen molar-refractivity contribution in [1.82, 2.24) is 4.31 Å². The molecule has 1 atom stereocenters. The van der Waals surface area contributed by atoms with Crippen molar-refractivity contribution < 1.29 is 27.5 Å². The van der Waals surface area contributed by atoms with Gasteiger partial charge in [-0.2, -0.15) is 4.31 Å². The maximum atomic E-state index is 12.7. The number of benzene rings is 1. The first-order valence-electron chi connectivity index (χ1n) is 8.98. The molecular weight excluding hydrogens is 372 g/mol. The molecule has 150 valence electrons. The highest BCUT2D eigenvalue weighted by molar-refractivity contribution is 7.89. The number of rotatable bonds is 8. The molecule has 8 nitrogen and oxygen atoms in total. The Balaban J connectivity index is 2.04. The second kappa shape index (κ2) is 9.29. The molecule has 1 N–H and O–H groups in total. The molecule has 1 aromatic rings. The fourth-order valence-corrected chi connectivity index (χ4v) is 4.56. The van der Waals surface area contributed by atoms with Crippen molar-refractivity contribution in [1.29, 1.82) is 0 Å². The zero-order valence-electron chi connectivity index (χ0n) is 15.9. The first-order chi connectivity index (χ1) is 12.8. The van der Waals surface area contributed by atoms with Gasteiger partial charge in [-0.25, -0.2) is 13.2 Å². The summed E-state index contributed by atoms with van der Waals surface area (Å²) in [5.74, 6) is -1.10. The van der Waals surface area contributed by atoms with E-state index in [1.807, 2.05) is 0 Å². The largest absolute Gasteiger partial charge is 0.454 e. The first kappa shape index (κ1) is 21.3. The van der Waals surface area contributed by atoms with Crippen LogP contribution in [0.2, 0.25) is 0 Å². The summed E-state index contributed by atoms with van der Waals surface area (Å²) in [7, 11) is -3.65. The minimum absolute atomic E-state index is 0.139. The van der Waals surface area contributed by atoms with Gasteiger partial charge in [-0.3, -0.25) is 4.79 Å². The molecule has 0 aromatic heterocycles. The van der Waals surface area contributed by atoms with Gasteiger partial charge in [0.2, 0.25) is 10.0 Å². The Labute approximate surface area is 159 Å². The van der Waals surface area contributed by atoms with E-state index in [1.54, 1.807) is 32.9 Å². The SMILES string of the molecule is CCN(CC)S(=O)(=O)c1cc(NC(=O)COC(=O)[C@@H]2CCCO2)ccc1C. The van der Waals surface area contributed by atoms with Crippen molar-refractivity contribution in [2.45, 2.75) is 44.6 Å². The molecular formula is C18H26N2O6S. The Hall–Kier alpha value is -1.97. The number of esters is 1. The van der Waals surface area contributed by atoms with Gasteiger partial charge in [-0.15, -0.1) is 0 Å². The molecule has 0 radical (unpaired) electrons. The Morgan fingerprint density at radius 1 is 1.30 bits per heavy atom. The highest BCUT2D eigenvalue weighted by Crippen LogP contribution is 2.23. The van der Waals surface area contributed by atoms with Crippen molar-refractivity contribution in [3.8, 4) is 0 Å². The number of ether oxygens (including phenoxy) is 2. The van der Waals surface area contributed by atoms with Gasteiger partial charge in [0.1, 0.15) is 0 Å². The fraction of sp³-hybridized carbons (Fsp3) is 0.556. The van der Waals surface area contributed by atoms with Crippen molar-refractivity contribution >= 4 is 27.6 Å². The van der Waals surface area contributed by atoms with Crippen LogP contribution in [0.5, 0.6) is 0 Å². The van der Waals surface area contributed by atoms with Crippen molar-refractivity contribution in [3.63, 3.8) is 0 Å². The third-order valence-corrected chi connectivity index (χ3v) is 6.53. The summed E-state index contributed by atoms with van der Waals surface area (Å²) in [6.45, 7) is 6.01. The van der Waals surface area contributed by atoms with E-state index in [2.05, 4.69) is 5.32 Å². The number of carbonyl (C=O) groups excluding carboxylic acids is 2. The molecule has 0 saturated carbocycles. The number of anilines is 1. The summed E-state index contributed by atoms with van der Waals surface area (Å²) in [6, 6.07) is 4.66. The maximum absolute atomic E-state index is 12.7. The van der Waals surface area contributed by atoms with Crippen molar-refractivity contribution in [2.75, 3.05) is 31.6 Å². The van der Waals surface area contributed by atoms with E-state index in [0.717, 1.165) is 6.42 Å². The molecule has 0 spiro atoms. The summed E-state index contributed by atoms with van der Waals surface area (Å²) in [5.41, 5.74) is 0.911. The minimum atomic E-state index is -3.65. The summed E-state index contributed by atoms with van der Waals surface area (Å²) in [6.07, 6.45) is 0.771. The van der Waals surface area contributed by atoms with E-state index in [4.69, 9.17) is 9.47 Å². The average molecular weight is 398 g/mol. The molecule has 1 aliphatic heterocycles. The lowest BCUT2D eigenvalue weighted by Crippen LogP contribution is -2.31. The highest BCUT2D eigenvalue weighted by Gasteiger charge is 2.26. The van der Waals surface area contributed by atoms with Gasteiger partial charge in [0, 0.05) is 25.4 Å². The normalized spacial score (nSPS) is 17.1. The van der Waals surface area contributed by atoms with Gasteiger partial charge in [0.25, 0.3) is 5.91 Å². The van der Waals surface area contributed by atoms with Crippen LogP contribution in [0.25, 0.3) is 0 Å². The van der Waals surface area contributed by atoms with Gasteiger partial charge < -0.3 is 14.8 Å². The Bertz CT molecular complexity index is 783. The molecule has 1 aliphatic rings. The molecule has 0 unspecified atom stereocenters. The van der Waals surface area contributed by atoms with Gasteiger partial charge in [-0.05, 0) is 37.5 Å². The number of sulfonamides is 1. The zero-order valence-corrected chi connectivity index (χ0v) is 16.7. The van der Waals surface area contributed by atoms with E-state index in [-0.39, 0.29) is 4.90 Å². The third kappa shape index (κ3) is 5.27. The van der Waals surface area contributed by atoms with E-state index in [9.17, 15) is 18.0 Å². The summed E-state index contributed by atoms with van der Waals surface area (Å²) >= 11 is 0. The average Bonchev–Trinajstić information content (AvgIpc) is 3.16. The second-order valence-electron chi connectivity index (χ2n) is 6.23. The van der Waals surface area contributed by atoms with Crippen LogP contribution in [-0.2, 0) is 29.1 Å². The number of carbonyl (C=O) groups is 2. The van der Waals surface area contributed by atoms with Crippen LogP contribution < -0.4 is 5.32 Å². The lowest BCUT2D eigenvalue weighted by atomic mass is 10.2. The van der Waals surface area contributed by atoms with Crippen LogP contribution in [0.4, 0.5) is 5.69 Å². The number of amides is 1. The molecule has 1 saturated heterocycles. The van der Waals surface area contributed by atoms with Crippen LogP contribution in [0.3, 0.4) is 0 Å². The molecule has 27 heavy (non-hydrogen) atoms. The van der Waals surface area contributed by atoms with Crippen LogP contribution in [0, 0.1) is 6.92 Å². The summed E-state index contributed by atoms with van der Waals surface area (Å²) < 4.78 is 37.0. The number of aryl methyl sites for hydroxylation is 1. The van der Waals surface area contributed by atoms with Crippen LogP contribution >= 0.6 is 0 Å². The number of nitrogens with one attached hydrogen (secondary N) is 1. The lowest BCUT2D eigenvalue weighted by molar-refractivity contribution is -0.156. The molecule has 1 heterocycles. The Kier molecular flexibility index (Phi) is 7.34. The smallest absolute Gasteiger partial charge is 0.335 e. The van der Waals surface area contributed by atoms with Gasteiger partial charge >= 0.3 is 5.97 Å². The monoisotopic (exact) mass is 398 g/mol. The van der Waals surface area contributed by atoms with E-state index < -0.39 is 34.6 Å².